The van der Waals surface area contributed by atoms with Crippen LogP contribution < -0.4 is 5.32 Å². The summed E-state index contributed by atoms with van der Waals surface area (Å²) < 4.78 is 4.78. The molecule has 0 spiro atoms. The van der Waals surface area contributed by atoms with E-state index in [4.69, 9.17) is 4.74 Å². The Morgan fingerprint density at radius 1 is 1.17 bits per heavy atom. The highest BCUT2D eigenvalue weighted by molar-refractivity contribution is 5.76. The molecule has 2 amide bonds. The quantitative estimate of drug-likeness (QED) is 0.782. The van der Waals surface area contributed by atoms with E-state index in [9.17, 15) is 9.59 Å². The fourth-order valence-corrected chi connectivity index (χ4v) is 3.64. The van der Waals surface area contributed by atoms with Crippen molar-refractivity contribution in [2.24, 2.45) is 11.8 Å². The zero-order valence-electron chi connectivity index (χ0n) is 14.7. The van der Waals surface area contributed by atoms with E-state index < -0.39 is 0 Å². The van der Waals surface area contributed by atoms with Crippen molar-refractivity contribution in [3.05, 3.63) is 0 Å². The van der Waals surface area contributed by atoms with E-state index in [-0.39, 0.29) is 17.9 Å². The number of piperidine rings is 1. The lowest BCUT2D eigenvalue weighted by molar-refractivity contribution is -0.146. The van der Waals surface area contributed by atoms with E-state index in [2.05, 4.69) is 24.1 Å². The molecule has 2 fully saturated rings. The molecule has 0 saturated carbocycles. The monoisotopic (exact) mass is 325 g/mol. The minimum atomic E-state index is -0.152. The van der Waals surface area contributed by atoms with Crippen LogP contribution in [0.25, 0.3) is 0 Å². The number of nitrogens with zero attached hydrogens (tertiary/aromatic N) is 2. The van der Waals surface area contributed by atoms with Crippen molar-refractivity contribution in [2.75, 3.05) is 39.8 Å². The van der Waals surface area contributed by atoms with Crippen molar-refractivity contribution >= 4 is 12.0 Å². The number of hydrogen-bond acceptors (Lipinski definition) is 4. The normalized spacial score (nSPS) is 23.3. The Morgan fingerprint density at radius 2 is 1.87 bits per heavy atom. The standard InChI is InChI=1S/C17H31N3O3/c1-13(2)12-20-8-4-5-15(20)11-18-17(22)19-9-6-14(7-10-19)16(21)23-3/h13-15H,4-12H2,1-3H3,(H,18,22)/t15-/m0/s1. The molecule has 0 radical (unpaired) electrons. The Bertz CT molecular complexity index is 406. The van der Waals surface area contributed by atoms with Gasteiger partial charge < -0.3 is 15.0 Å². The molecule has 23 heavy (non-hydrogen) atoms. The molecule has 6 nitrogen and oxygen atoms in total. The first-order chi connectivity index (χ1) is 11.0. The van der Waals surface area contributed by atoms with E-state index >= 15 is 0 Å². The van der Waals surface area contributed by atoms with Gasteiger partial charge >= 0.3 is 12.0 Å². The van der Waals surface area contributed by atoms with Crippen LogP contribution >= 0.6 is 0 Å². The smallest absolute Gasteiger partial charge is 0.317 e. The van der Waals surface area contributed by atoms with Crippen molar-refractivity contribution in [3.63, 3.8) is 0 Å². The highest BCUT2D eigenvalue weighted by Crippen LogP contribution is 2.20. The molecule has 6 heteroatoms. The number of nitrogens with one attached hydrogen (secondary N) is 1. The second kappa shape index (κ2) is 8.52. The van der Waals surface area contributed by atoms with E-state index in [0.717, 1.165) is 26.1 Å². The maximum absolute atomic E-state index is 12.3. The molecule has 132 valence electrons. The van der Waals surface area contributed by atoms with Gasteiger partial charge in [0.05, 0.1) is 13.0 Å². The van der Waals surface area contributed by atoms with Crippen molar-refractivity contribution in [3.8, 4) is 0 Å². The second-order valence-corrected chi connectivity index (χ2v) is 7.16. The molecular formula is C17H31N3O3. The lowest BCUT2D eigenvalue weighted by Gasteiger charge is -2.32. The summed E-state index contributed by atoms with van der Waals surface area (Å²) in [4.78, 5) is 28.1. The first-order valence-corrected chi connectivity index (χ1v) is 8.86. The lowest BCUT2D eigenvalue weighted by atomic mass is 9.97. The molecule has 0 aromatic carbocycles. The molecule has 0 bridgehead atoms. The van der Waals surface area contributed by atoms with Crippen LogP contribution in [0.15, 0.2) is 0 Å². The summed E-state index contributed by atoms with van der Waals surface area (Å²) in [6.07, 6.45) is 3.78. The third-order valence-corrected chi connectivity index (χ3v) is 4.90. The summed E-state index contributed by atoms with van der Waals surface area (Å²) in [7, 11) is 1.42. The summed E-state index contributed by atoms with van der Waals surface area (Å²) in [5, 5.41) is 3.08. The summed E-state index contributed by atoms with van der Waals surface area (Å²) in [5.41, 5.74) is 0. The van der Waals surface area contributed by atoms with Gasteiger partial charge in [-0.1, -0.05) is 13.8 Å². The number of carbonyl (C=O) groups is 2. The number of methoxy groups -OCH3 is 1. The number of ether oxygens (including phenoxy) is 1. The van der Waals surface area contributed by atoms with Crippen molar-refractivity contribution in [2.45, 2.75) is 45.6 Å². The maximum Gasteiger partial charge on any atom is 0.317 e. The highest BCUT2D eigenvalue weighted by atomic mass is 16.5. The van der Waals surface area contributed by atoms with Gasteiger partial charge in [-0.2, -0.15) is 0 Å². The largest absolute Gasteiger partial charge is 0.469 e. The molecule has 0 unspecified atom stereocenters. The van der Waals surface area contributed by atoms with E-state index in [1.54, 1.807) is 0 Å². The molecule has 0 aromatic heterocycles. The van der Waals surface area contributed by atoms with Crippen LogP contribution in [0.5, 0.6) is 0 Å². The number of hydrogen-bond donors (Lipinski definition) is 1. The minimum absolute atomic E-state index is 0.00436. The zero-order valence-corrected chi connectivity index (χ0v) is 14.7. The SMILES string of the molecule is COC(=O)C1CCN(C(=O)NC[C@@H]2CCCN2CC(C)C)CC1. The molecule has 1 atom stereocenters. The molecule has 2 saturated heterocycles. The predicted octanol–water partition coefficient (Wildman–Crippen LogP) is 1.70. The molecule has 0 aromatic rings. The van der Waals surface area contributed by atoms with Gasteiger partial charge in [0.25, 0.3) is 0 Å². The highest BCUT2D eigenvalue weighted by Gasteiger charge is 2.29. The van der Waals surface area contributed by atoms with E-state index in [1.807, 2.05) is 4.90 Å². The van der Waals surface area contributed by atoms with Crippen LogP contribution in [-0.4, -0.2) is 67.7 Å². The lowest BCUT2D eigenvalue weighted by Crippen LogP contribution is -2.49. The van der Waals surface area contributed by atoms with E-state index in [1.165, 1.54) is 13.5 Å². The first-order valence-electron chi connectivity index (χ1n) is 8.86. The van der Waals surface area contributed by atoms with Crippen LogP contribution in [-0.2, 0) is 9.53 Å². The molecule has 0 aliphatic carbocycles. The molecular weight excluding hydrogens is 294 g/mol. The molecule has 2 aliphatic rings. The van der Waals surface area contributed by atoms with Gasteiger partial charge in [-0.15, -0.1) is 0 Å². The van der Waals surface area contributed by atoms with Crippen LogP contribution in [0.2, 0.25) is 0 Å². The van der Waals surface area contributed by atoms with Crippen LogP contribution in [0.4, 0.5) is 4.79 Å². The second-order valence-electron chi connectivity index (χ2n) is 7.16. The topological polar surface area (TPSA) is 61.9 Å². The number of esters is 1. The molecule has 2 aliphatic heterocycles. The van der Waals surface area contributed by atoms with Gasteiger partial charge in [0.1, 0.15) is 0 Å². The number of amides is 2. The third-order valence-electron chi connectivity index (χ3n) is 4.90. The molecule has 2 heterocycles. The molecule has 1 N–H and O–H groups in total. The predicted molar refractivity (Wildman–Crippen MR) is 89.1 cm³/mol. The van der Waals surface area contributed by atoms with Crippen LogP contribution in [0.3, 0.4) is 0 Å². The van der Waals surface area contributed by atoms with E-state index in [0.29, 0.717) is 37.9 Å². The number of urea groups is 1. The summed E-state index contributed by atoms with van der Waals surface area (Å²) >= 11 is 0. The maximum atomic E-state index is 12.3. The first kappa shape index (κ1) is 18.0. The summed E-state index contributed by atoms with van der Waals surface area (Å²) in [6, 6.07) is 0.471. The fraction of sp³-hybridized carbons (Fsp3) is 0.882. The summed E-state index contributed by atoms with van der Waals surface area (Å²) in [6.45, 7) is 8.70. The van der Waals surface area contributed by atoms with Crippen LogP contribution in [0, 0.1) is 11.8 Å². The average molecular weight is 325 g/mol. The number of likely N-dealkylation sites (tertiary alicyclic amines) is 2. The van der Waals surface area contributed by atoms with Gasteiger partial charge in [-0.3, -0.25) is 9.69 Å². The van der Waals surface area contributed by atoms with Crippen molar-refractivity contribution in [1.82, 2.24) is 15.1 Å². The minimum Gasteiger partial charge on any atom is -0.469 e. The van der Waals surface area contributed by atoms with Crippen molar-refractivity contribution in [1.29, 1.82) is 0 Å². The van der Waals surface area contributed by atoms with Crippen LogP contribution in [0.1, 0.15) is 39.5 Å². The Kier molecular flexibility index (Phi) is 6.69. The Balaban J connectivity index is 1.72. The third kappa shape index (κ3) is 5.09. The van der Waals surface area contributed by atoms with Gasteiger partial charge in [0.2, 0.25) is 0 Å². The number of rotatable bonds is 5. The fourth-order valence-electron chi connectivity index (χ4n) is 3.64. The number of carbonyl (C=O) groups excluding carboxylic acids is 2. The summed E-state index contributed by atoms with van der Waals surface area (Å²) in [5.74, 6) is 0.449. The Morgan fingerprint density at radius 3 is 2.48 bits per heavy atom. The Hall–Kier alpha value is -1.30. The van der Waals surface area contributed by atoms with Gasteiger partial charge in [0, 0.05) is 32.2 Å². The van der Waals surface area contributed by atoms with Gasteiger partial charge in [-0.05, 0) is 38.1 Å². The Labute approximate surface area is 139 Å². The zero-order chi connectivity index (χ0) is 16.8. The van der Waals surface area contributed by atoms with Gasteiger partial charge in [0.15, 0.2) is 0 Å². The average Bonchev–Trinajstić information content (AvgIpc) is 2.98. The van der Waals surface area contributed by atoms with Crippen molar-refractivity contribution < 1.29 is 14.3 Å². The molecule has 2 rings (SSSR count). The van der Waals surface area contributed by atoms with Gasteiger partial charge in [-0.25, -0.2) is 4.79 Å².